The maximum atomic E-state index is 9.67. The Morgan fingerprint density at radius 1 is 1.00 bits per heavy atom. The molecule has 0 aliphatic carbocycles. The van der Waals surface area contributed by atoms with Gasteiger partial charge in [0.25, 0.3) is 0 Å². The molecule has 2 N–H and O–H groups in total. The lowest BCUT2D eigenvalue weighted by molar-refractivity contribution is 0.459. The molecule has 0 amide bonds. The molecular weight excluding hydrogens is 258 g/mol. The van der Waals surface area contributed by atoms with Crippen LogP contribution in [0.3, 0.4) is 0 Å². The molecular formula is C15H11NO2S. The number of hydrogen-bond donors (Lipinski definition) is 2. The van der Waals surface area contributed by atoms with E-state index < -0.39 is 0 Å². The van der Waals surface area contributed by atoms with Crippen LogP contribution >= 0.6 is 11.3 Å². The molecule has 3 rings (SSSR count). The monoisotopic (exact) mass is 269 g/mol. The van der Waals surface area contributed by atoms with E-state index in [0.717, 1.165) is 15.2 Å². The zero-order chi connectivity index (χ0) is 13.2. The quantitative estimate of drug-likeness (QED) is 0.694. The van der Waals surface area contributed by atoms with Gasteiger partial charge in [0, 0.05) is 5.56 Å². The van der Waals surface area contributed by atoms with Crippen molar-refractivity contribution in [3.8, 4) is 11.5 Å². The molecule has 0 saturated heterocycles. The third kappa shape index (κ3) is 2.44. The highest BCUT2D eigenvalue weighted by Crippen LogP contribution is 2.26. The van der Waals surface area contributed by atoms with Crippen LogP contribution in [0.15, 0.2) is 42.5 Å². The number of nitrogens with zero attached hydrogens (tertiary/aromatic N) is 1. The second kappa shape index (κ2) is 4.74. The highest BCUT2D eigenvalue weighted by atomic mass is 32.1. The van der Waals surface area contributed by atoms with Crippen LogP contribution in [0.25, 0.3) is 22.4 Å². The Morgan fingerprint density at radius 3 is 2.68 bits per heavy atom. The van der Waals surface area contributed by atoms with Gasteiger partial charge in [-0.05, 0) is 42.5 Å². The van der Waals surface area contributed by atoms with Crippen LogP contribution in [0.1, 0.15) is 10.6 Å². The molecule has 0 fully saturated rings. The van der Waals surface area contributed by atoms with Crippen molar-refractivity contribution in [1.29, 1.82) is 0 Å². The minimum absolute atomic E-state index is 0.127. The van der Waals surface area contributed by atoms with Crippen LogP contribution in [0.4, 0.5) is 0 Å². The lowest BCUT2D eigenvalue weighted by atomic mass is 10.2. The van der Waals surface area contributed by atoms with E-state index in [-0.39, 0.29) is 11.5 Å². The maximum Gasteiger partial charge on any atom is 0.123 e. The molecule has 19 heavy (non-hydrogen) atoms. The van der Waals surface area contributed by atoms with E-state index >= 15 is 0 Å². The van der Waals surface area contributed by atoms with Crippen molar-refractivity contribution >= 4 is 33.7 Å². The first-order valence-electron chi connectivity index (χ1n) is 5.78. The SMILES string of the molecule is Oc1ccc(O)c(/C=C/c2nc3ccccc3s2)c1. The van der Waals surface area contributed by atoms with Crippen molar-refractivity contribution in [2.24, 2.45) is 0 Å². The number of benzene rings is 2. The fourth-order valence-electron chi connectivity index (χ4n) is 1.80. The fourth-order valence-corrected chi connectivity index (χ4v) is 2.67. The van der Waals surface area contributed by atoms with E-state index in [2.05, 4.69) is 4.98 Å². The lowest BCUT2D eigenvalue weighted by Crippen LogP contribution is -1.75. The van der Waals surface area contributed by atoms with Crippen molar-refractivity contribution < 1.29 is 10.2 Å². The molecule has 0 atom stereocenters. The Hall–Kier alpha value is -2.33. The highest BCUT2D eigenvalue weighted by molar-refractivity contribution is 7.19. The Bertz CT molecular complexity index is 729. The molecule has 94 valence electrons. The molecule has 2 aromatic carbocycles. The first kappa shape index (κ1) is 11.7. The van der Waals surface area contributed by atoms with Gasteiger partial charge in [-0.1, -0.05) is 12.1 Å². The van der Waals surface area contributed by atoms with Crippen LogP contribution < -0.4 is 0 Å². The average molecular weight is 269 g/mol. The molecule has 1 heterocycles. The molecule has 0 saturated carbocycles. The summed E-state index contributed by atoms with van der Waals surface area (Å²) in [6.07, 6.45) is 3.58. The molecule has 0 spiro atoms. The summed E-state index contributed by atoms with van der Waals surface area (Å²) in [7, 11) is 0. The molecule has 0 bridgehead atoms. The number of para-hydroxylation sites is 1. The Labute approximate surface area is 114 Å². The summed E-state index contributed by atoms with van der Waals surface area (Å²) in [6, 6.07) is 12.4. The average Bonchev–Trinajstić information content (AvgIpc) is 2.82. The third-order valence-electron chi connectivity index (χ3n) is 2.73. The van der Waals surface area contributed by atoms with Crippen LogP contribution in [-0.2, 0) is 0 Å². The summed E-state index contributed by atoms with van der Waals surface area (Å²) in [5.74, 6) is 0.261. The number of phenolic OH excluding ortho intramolecular Hbond substituents is 2. The van der Waals surface area contributed by atoms with E-state index in [1.165, 1.54) is 18.2 Å². The number of aromatic hydroxyl groups is 2. The van der Waals surface area contributed by atoms with Crippen LogP contribution in [0, 0.1) is 0 Å². The standard InChI is InChI=1S/C15H11NO2S/c17-11-6-7-13(18)10(9-11)5-8-15-16-12-3-1-2-4-14(12)19-15/h1-9,17-18H/b8-5+. The fraction of sp³-hybridized carbons (Fsp3) is 0. The number of rotatable bonds is 2. The lowest BCUT2D eigenvalue weighted by Gasteiger charge is -1.98. The molecule has 4 heteroatoms. The largest absolute Gasteiger partial charge is 0.508 e. The molecule has 0 radical (unpaired) electrons. The van der Waals surface area contributed by atoms with Crippen molar-refractivity contribution in [2.75, 3.05) is 0 Å². The summed E-state index contributed by atoms with van der Waals surface area (Å²) in [5, 5.41) is 19.9. The number of aromatic nitrogens is 1. The summed E-state index contributed by atoms with van der Waals surface area (Å²) >= 11 is 1.58. The van der Waals surface area contributed by atoms with Gasteiger partial charge in [0.2, 0.25) is 0 Å². The van der Waals surface area contributed by atoms with Gasteiger partial charge in [-0.2, -0.15) is 0 Å². The van der Waals surface area contributed by atoms with E-state index in [0.29, 0.717) is 5.56 Å². The van der Waals surface area contributed by atoms with E-state index in [9.17, 15) is 10.2 Å². The second-order valence-electron chi connectivity index (χ2n) is 4.10. The molecule has 3 nitrogen and oxygen atoms in total. The van der Waals surface area contributed by atoms with Gasteiger partial charge in [-0.3, -0.25) is 0 Å². The summed E-state index contributed by atoms with van der Waals surface area (Å²) in [5.41, 5.74) is 1.53. The van der Waals surface area contributed by atoms with Gasteiger partial charge in [-0.15, -0.1) is 11.3 Å². The van der Waals surface area contributed by atoms with Crippen molar-refractivity contribution in [3.05, 3.63) is 53.0 Å². The van der Waals surface area contributed by atoms with Crippen LogP contribution in [0.5, 0.6) is 11.5 Å². The minimum atomic E-state index is 0.127. The van der Waals surface area contributed by atoms with E-state index in [4.69, 9.17) is 0 Å². The molecule has 1 aromatic heterocycles. The topological polar surface area (TPSA) is 53.4 Å². The Kier molecular flexibility index (Phi) is 2.93. The number of fused-ring (bicyclic) bond motifs is 1. The third-order valence-corrected chi connectivity index (χ3v) is 3.73. The molecule has 0 unspecified atom stereocenters. The maximum absolute atomic E-state index is 9.67. The molecule has 3 aromatic rings. The van der Waals surface area contributed by atoms with Crippen LogP contribution in [0.2, 0.25) is 0 Å². The van der Waals surface area contributed by atoms with Gasteiger partial charge in [0.1, 0.15) is 16.5 Å². The van der Waals surface area contributed by atoms with Crippen molar-refractivity contribution in [3.63, 3.8) is 0 Å². The number of hydrogen-bond acceptors (Lipinski definition) is 4. The first-order valence-corrected chi connectivity index (χ1v) is 6.60. The number of thiazole rings is 1. The van der Waals surface area contributed by atoms with Gasteiger partial charge in [0.05, 0.1) is 10.2 Å². The van der Waals surface area contributed by atoms with E-state index in [1.54, 1.807) is 17.4 Å². The van der Waals surface area contributed by atoms with E-state index in [1.807, 2.05) is 30.3 Å². The molecule has 0 aliphatic rings. The molecule has 0 aliphatic heterocycles. The highest BCUT2D eigenvalue weighted by Gasteiger charge is 2.01. The summed E-state index contributed by atoms with van der Waals surface area (Å²) in [6.45, 7) is 0. The second-order valence-corrected chi connectivity index (χ2v) is 5.16. The van der Waals surface area contributed by atoms with Crippen molar-refractivity contribution in [1.82, 2.24) is 4.98 Å². The predicted octanol–water partition coefficient (Wildman–Crippen LogP) is 3.88. The predicted molar refractivity (Wildman–Crippen MR) is 78.3 cm³/mol. The van der Waals surface area contributed by atoms with Gasteiger partial charge < -0.3 is 10.2 Å². The Morgan fingerprint density at radius 2 is 1.84 bits per heavy atom. The van der Waals surface area contributed by atoms with Crippen molar-refractivity contribution in [2.45, 2.75) is 0 Å². The zero-order valence-electron chi connectivity index (χ0n) is 9.95. The first-order chi connectivity index (χ1) is 9.22. The Balaban J connectivity index is 1.95. The summed E-state index contributed by atoms with van der Waals surface area (Å²) < 4.78 is 1.13. The van der Waals surface area contributed by atoms with Gasteiger partial charge in [0.15, 0.2) is 0 Å². The smallest absolute Gasteiger partial charge is 0.123 e. The number of phenols is 2. The van der Waals surface area contributed by atoms with Gasteiger partial charge in [-0.25, -0.2) is 4.98 Å². The van der Waals surface area contributed by atoms with Crippen LogP contribution in [-0.4, -0.2) is 15.2 Å². The van der Waals surface area contributed by atoms with Gasteiger partial charge >= 0.3 is 0 Å². The normalized spacial score (nSPS) is 11.4. The summed E-state index contributed by atoms with van der Waals surface area (Å²) in [4.78, 5) is 4.47. The minimum Gasteiger partial charge on any atom is -0.508 e. The zero-order valence-corrected chi connectivity index (χ0v) is 10.8.